The highest BCUT2D eigenvalue weighted by atomic mass is 14.7. The van der Waals surface area contributed by atoms with Crippen LogP contribution in [0.1, 0.15) is 23.2 Å². The van der Waals surface area contributed by atoms with E-state index >= 15 is 0 Å². The van der Waals surface area contributed by atoms with E-state index in [4.69, 9.17) is 0 Å². The third kappa shape index (κ3) is 2.91. The highest BCUT2D eigenvalue weighted by Crippen LogP contribution is 2.23. The van der Waals surface area contributed by atoms with Gasteiger partial charge >= 0.3 is 0 Å². The van der Waals surface area contributed by atoms with E-state index in [1.807, 2.05) is 36.7 Å². The number of rotatable bonds is 3. The number of aromatic nitrogens is 1. The van der Waals surface area contributed by atoms with E-state index in [0.29, 0.717) is 0 Å². The molecular formula is C18H16N2. The van der Waals surface area contributed by atoms with Crippen LogP contribution in [0.2, 0.25) is 0 Å². The molecule has 1 aromatic carbocycles. The van der Waals surface area contributed by atoms with Gasteiger partial charge in [-0.15, -0.1) is 0 Å². The molecule has 0 saturated heterocycles. The summed E-state index contributed by atoms with van der Waals surface area (Å²) in [5.41, 5.74) is 4.70. The predicted molar refractivity (Wildman–Crippen MR) is 85.6 cm³/mol. The number of benzene rings is 1. The summed E-state index contributed by atoms with van der Waals surface area (Å²) >= 11 is 0. The Bertz CT molecular complexity index is 667. The summed E-state index contributed by atoms with van der Waals surface area (Å²) in [5.74, 6) is 0. The molecule has 0 spiro atoms. The maximum atomic E-state index is 4.50. The first-order valence-electron chi connectivity index (χ1n) is 6.81. The van der Waals surface area contributed by atoms with Crippen LogP contribution in [0.4, 0.5) is 0 Å². The van der Waals surface area contributed by atoms with E-state index in [-0.39, 0.29) is 0 Å². The number of pyridine rings is 1. The van der Waals surface area contributed by atoms with Gasteiger partial charge in [-0.25, -0.2) is 0 Å². The van der Waals surface area contributed by atoms with Crippen LogP contribution >= 0.6 is 0 Å². The molecule has 0 amide bonds. The second kappa shape index (κ2) is 6.11. The molecule has 0 unspecified atom stereocenters. The monoisotopic (exact) mass is 260 g/mol. The molecule has 1 aliphatic rings. The van der Waals surface area contributed by atoms with Gasteiger partial charge in [-0.2, -0.15) is 0 Å². The molecule has 2 heterocycles. The van der Waals surface area contributed by atoms with Crippen molar-refractivity contribution in [2.45, 2.75) is 6.42 Å². The van der Waals surface area contributed by atoms with Crippen LogP contribution in [0.25, 0.3) is 17.7 Å². The molecule has 1 aliphatic heterocycles. The van der Waals surface area contributed by atoms with Crippen molar-refractivity contribution in [3.05, 3.63) is 71.6 Å². The first kappa shape index (κ1) is 12.5. The van der Waals surface area contributed by atoms with E-state index in [1.54, 1.807) is 0 Å². The lowest BCUT2D eigenvalue weighted by atomic mass is 9.99. The molecule has 0 saturated carbocycles. The Morgan fingerprint density at radius 3 is 2.65 bits per heavy atom. The zero-order chi connectivity index (χ0) is 13.6. The molecule has 0 fully saturated rings. The van der Waals surface area contributed by atoms with Crippen molar-refractivity contribution in [3.63, 3.8) is 0 Å². The van der Waals surface area contributed by atoms with Crippen LogP contribution in [0.3, 0.4) is 0 Å². The zero-order valence-electron chi connectivity index (χ0n) is 11.2. The third-order valence-corrected chi connectivity index (χ3v) is 3.31. The van der Waals surface area contributed by atoms with Gasteiger partial charge in [0, 0.05) is 24.5 Å². The van der Waals surface area contributed by atoms with Gasteiger partial charge < -0.3 is 0 Å². The first-order chi connectivity index (χ1) is 9.93. The molecule has 0 aliphatic carbocycles. The van der Waals surface area contributed by atoms with Crippen molar-refractivity contribution in [3.8, 4) is 0 Å². The average Bonchev–Trinajstić information content (AvgIpc) is 2.55. The summed E-state index contributed by atoms with van der Waals surface area (Å²) in [5, 5.41) is 0. The average molecular weight is 260 g/mol. The summed E-state index contributed by atoms with van der Waals surface area (Å²) in [6, 6.07) is 14.4. The number of hydrogen-bond acceptors (Lipinski definition) is 2. The maximum absolute atomic E-state index is 4.50. The first-order valence-corrected chi connectivity index (χ1v) is 6.81. The molecule has 2 aromatic rings. The minimum absolute atomic E-state index is 0.864. The van der Waals surface area contributed by atoms with Crippen molar-refractivity contribution in [1.82, 2.24) is 4.98 Å². The minimum Gasteiger partial charge on any atom is -0.293 e. The summed E-state index contributed by atoms with van der Waals surface area (Å²) in [6.45, 7) is 0.864. The number of nitrogens with zero attached hydrogens (tertiary/aromatic N) is 2. The van der Waals surface area contributed by atoms with Gasteiger partial charge in [-0.05, 0) is 35.8 Å². The normalized spacial score (nSPS) is 14.5. The molecule has 2 nitrogen and oxygen atoms in total. The molecule has 0 atom stereocenters. The van der Waals surface area contributed by atoms with Gasteiger partial charge in [0.1, 0.15) is 0 Å². The quantitative estimate of drug-likeness (QED) is 0.815. The Labute approximate surface area is 119 Å². The number of aliphatic imine (C=N–C) groups is 1. The molecule has 1 aromatic heterocycles. The summed E-state index contributed by atoms with van der Waals surface area (Å²) < 4.78 is 0. The minimum atomic E-state index is 0.864. The molecule has 20 heavy (non-hydrogen) atoms. The lowest BCUT2D eigenvalue weighted by molar-refractivity contribution is 1.01. The molecule has 98 valence electrons. The van der Waals surface area contributed by atoms with Gasteiger partial charge in [-0.3, -0.25) is 9.98 Å². The van der Waals surface area contributed by atoms with Gasteiger partial charge in [0.2, 0.25) is 0 Å². The maximum Gasteiger partial charge on any atom is 0.0704 e. The molecule has 0 bridgehead atoms. The Hall–Kier alpha value is -2.48. The fraction of sp³-hybridized carbons (Fsp3) is 0.111. The smallest absolute Gasteiger partial charge is 0.0704 e. The summed E-state index contributed by atoms with van der Waals surface area (Å²) in [7, 11) is 0. The van der Waals surface area contributed by atoms with Gasteiger partial charge in [-0.1, -0.05) is 42.5 Å². The highest BCUT2D eigenvalue weighted by Gasteiger charge is 2.07. The molecule has 0 N–H and O–H groups in total. The highest BCUT2D eigenvalue weighted by molar-refractivity contribution is 5.88. The topological polar surface area (TPSA) is 25.2 Å². The van der Waals surface area contributed by atoms with Crippen molar-refractivity contribution in [2.24, 2.45) is 4.99 Å². The van der Waals surface area contributed by atoms with Crippen molar-refractivity contribution in [2.75, 3.05) is 6.54 Å². The summed E-state index contributed by atoms with van der Waals surface area (Å²) in [4.78, 5) is 8.73. The van der Waals surface area contributed by atoms with Crippen molar-refractivity contribution < 1.29 is 0 Å². The van der Waals surface area contributed by atoms with E-state index in [0.717, 1.165) is 18.7 Å². The molecule has 3 rings (SSSR count). The number of hydrogen-bond donors (Lipinski definition) is 0. The van der Waals surface area contributed by atoms with E-state index in [1.165, 1.54) is 16.7 Å². The van der Waals surface area contributed by atoms with Crippen LogP contribution in [0.15, 0.2) is 59.7 Å². The Balaban J connectivity index is 1.92. The van der Waals surface area contributed by atoms with Gasteiger partial charge in [0.05, 0.1) is 5.69 Å². The molecule has 2 heteroatoms. The van der Waals surface area contributed by atoms with Crippen LogP contribution < -0.4 is 0 Å². The number of dihydropyridines is 1. The summed E-state index contributed by atoms with van der Waals surface area (Å²) in [6.07, 6.45) is 11.0. The second-order valence-corrected chi connectivity index (χ2v) is 4.68. The van der Waals surface area contributed by atoms with E-state index in [9.17, 15) is 0 Å². The Morgan fingerprint density at radius 1 is 0.950 bits per heavy atom. The van der Waals surface area contributed by atoms with Crippen LogP contribution in [-0.4, -0.2) is 17.7 Å². The van der Waals surface area contributed by atoms with Crippen LogP contribution in [0.5, 0.6) is 0 Å². The Kier molecular flexibility index (Phi) is 3.83. The van der Waals surface area contributed by atoms with Gasteiger partial charge in [0.15, 0.2) is 0 Å². The van der Waals surface area contributed by atoms with Crippen LogP contribution in [0, 0.1) is 0 Å². The van der Waals surface area contributed by atoms with E-state index in [2.05, 4.69) is 46.4 Å². The lowest BCUT2D eigenvalue weighted by Gasteiger charge is -2.11. The molecular weight excluding hydrogens is 244 g/mol. The SMILES string of the molecule is C1=NCCC(c2cccnc2/C=C/c2ccccc2)=C1. The second-order valence-electron chi connectivity index (χ2n) is 4.68. The third-order valence-electron chi connectivity index (χ3n) is 3.31. The largest absolute Gasteiger partial charge is 0.293 e. The van der Waals surface area contributed by atoms with Gasteiger partial charge in [0.25, 0.3) is 0 Å². The van der Waals surface area contributed by atoms with E-state index < -0.39 is 0 Å². The fourth-order valence-corrected chi connectivity index (χ4v) is 2.27. The van der Waals surface area contributed by atoms with Crippen molar-refractivity contribution >= 4 is 23.9 Å². The zero-order valence-corrected chi connectivity index (χ0v) is 11.2. The van der Waals surface area contributed by atoms with Crippen molar-refractivity contribution in [1.29, 1.82) is 0 Å². The lowest BCUT2D eigenvalue weighted by Crippen LogP contribution is -1.97. The van der Waals surface area contributed by atoms with Crippen LogP contribution in [-0.2, 0) is 0 Å². The predicted octanol–water partition coefficient (Wildman–Crippen LogP) is 4.11. The fourth-order valence-electron chi connectivity index (χ4n) is 2.27. The number of allylic oxidation sites excluding steroid dienone is 1. The standard InChI is InChI=1S/C18H16N2/c1-2-5-15(6-3-1)8-9-18-17(7-4-12-20-18)16-10-13-19-14-11-16/h1-10,12-13H,11,14H2/b9-8+. The molecule has 0 radical (unpaired) electrons. The Morgan fingerprint density at radius 2 is 1.85 bits per heavy atom.